The lowest BCUT2D eigenvalue weighted by molar-refractivity contribution is 0.240. The summed E-state index contributed by atoms with van der Waals surface area (Å²) in [5.74, 6) is 0. The van der Waals surface area contributed by atoms with Gasteiger partial charge in [0.05, 0.1) is 23.1 Å². The first-order valence-corrected chi connectivity index (χ1v) is 7.90. The van der Waals surface area contributed by atoms with E-state index >= 15 is 0 Å². The molecule has 0 bridgehead atoms. The van der Waals surface area contributed by atoms with Crippen molar-refractivity contribution in [1.29, 1.82) is 0 Å². The van der Waals surface area contributed by atoms with Gasteiger partial charge in [-0.25, -0.2) is 4.98 Å². The molecule has 4 nitrogen and oxygen atoms in total. The summed E-state index contributed by atoms with van der Waals surface area (Å²) in [5, 5.41) is 0. The van der Waals surface area contributed by atoms with Crippen molar-refractivity contribution in [1.82, 2.24) is 19.3 Å². The number of hydrogen-bond acceptors (Lipinski definition) is 3. The summed E-state index contributed by atoms with van der Waals surface area (Å²) >= 11 is 0. The van der Waals surface area contributed by atoms with Crippen LogP contribution in [-0.2, 0) is 6.54 Å². The lowest BCUT2D eigenvalue weighted by Gasteiger charge is -2.24. The molecule has 0 spiro atoms. The van der Waals surface area contributed by atoms with Crippen LogP contribution < -0.4 is 0 Å². The fraction of sp³-hybridized carbons (Fsp3) is 0.333. The van der Waals surface area contributed by atoms with Crippen molar-refractivity contribution in [2.75, 3.05) is 6.54 Å². The normalized spacial score (nSPS) is 19.0. The van der Waals surface area contributed by atoms with Crippen LogP contribution in [0.4, 0.5) is 0 Å². The topological polar surface area (TPSA) is 33.4 Å². The molecule has 1 aliphatic heterocycles. The zero-order chi connectivity index (χ0) is 14.9. The van der Waals surface area contributed by atoms with Crippen molar-refractivity contribution in [3.05, 3.63) is 65.9 Å². The van der Waals surface area contributed by atoms with E-state index in [9.17, 15) is 0 Å². The van der Waals surface area contributed by atoms with Crippen LogP contribution in [0.5, 0.6) is 0 Å². The number of hydrogen-bond donors (Lipinski definition) is 0. The summed E-state index contributed by atoms with van der Waals surface area (Å²) < 4.78 is 2.21. The highest BCUT2D eigenvalue weighted by Gasteiger charge is 2.28. The van der Waals surface area contributed by atoms with E-state index < -0.39 is 0 Å². The van der Waals surface area contributed by atoms with Crippen LogP contribution in [0.3, 0.4) is 0 Å². The molecule has 1 aliphatic rings. The minimum absolute atomic E-state index is 0.426. The number of likely N-dealkylation sites (tertiary alicyclic amines) is 1. The third-order valence-corrected chi connectivity index (χ3v) is 4.57. The molecule has 0 N–H and O–H groups in total. The molecule has 0 amide bonds. The van der Waals surface area contributed by atoms with Crippen molar-refractivity contribution in [3.63, 3.8) is 0 Å². The van der Waals surface area contributed by atoms with Crippen molar-refractivity contribution >= 4 is 5.65 Å². The Hall–Kier alpha value is -2.20. The van der Waals surface area contributed by atoms with E-state index in [1.54, 1.807) is 0 Å². The Morgan fingerprint density at radius 2 is 2.09 bits per heavy atom. The van der Waals surface area contributed by atoms with Crippen molar-refractivity contribution < 1.29 is 0 Å². The predicted molar refractivity (Wildman–Crippen MR) is 86.6 cm³/mol. The Labute approximate surface area is 130 Å². The lowest BCUT2D eigenvalue weighted by Crippen LogP contribution is -2.24. The molecule has 4 heterocycles. The van der Waals surface area contributed by atoms with Crippen molar-refractivity contribution in [2.45, 2.75) is 32.4 Å². The van der Waals surface area contributed by atoms with E-state index in [0.29, 0.717) is 6.04 Å². The number of nitrogens with zero attached hydrogens (tertiary/aromatic N) is 4. The van der Waals surface area contributed by atoms with Crippen molar-refractivity contribution in [3.8, 4) is 0 Å². The lowest BCUT2D eigenvalue weighted by atomic mass is 10.1. The highest BCUT2D eigenvalue weighted by Crippen LogP contribution is 2.32. The second kappa shape index (κ2) is 5.54. The second-order valence-electron chi connectivity index (χ2n) is 5.96. The van der Waals surface area contributed by atoms with Gasteiger partial charge in [0, 0.05) is 18.9 Å². The predicted octanol–water partition coefficient (Wildman–Crippen LogP) is 3.37. The Kier molecular flexibility index (Phi) is 3.39. The summed E-state index contributed by atoms with van der Waals surface area (Å²) in [5.41, 5.74) is 4.63. The Balaban J connectivity index is 1.66. The van der Waals surface area contributed by atoms with Gasteiger partial charge >= 0.3 is 0 Å². The quantitative estimate of drug-likeness (QED) is 0.742. The molecule has 1 fully saturated rings. The van der Waals surface area contributed by atoms with E-state index in [2.05, 4.69) is 56.7 Å². The average Bonchev–Trinajstić information content (AvgIpc) is 3.14. The van der Waals surface area contributed by atoms with Gasteiger partial charge < -0.3 is 4.40 Å². The largest absolute Gasteiger partial charge is 0.302 e. The SMILES string of the molecule is Cc1nc2ccccn2c1CN1CCC[C@@H]1c1ccccn1. The molecule has 0 unspecified atom stereocenters. The van der Waals surface area contributed by atoms with Crippen LogP contribution >= 0.6 is 0 Å². The van der Waals surface area contributed by atoms with Crippen molar-refractivity contribution in [2.24, 2.45) is 0 Å². The number of fused-ring (bicyclic) bond motifs is 1. The van der Waals surface area contributed by atoms with E-state index in [1.165, 1.54) is 24.2 Å². The number of pyridine rings is 2. The third-order valence-electron chi connectivity index (χ3n) is 4.57. The Morgan fingerprint density at radius 3 is 2.95 bits per heavy atom. The molecular formula is C18H20N4. The van der Waals surface area contributed by atoms with E-state index in [0.717, 1.165) is 24.4 Å². The van der Waals surface area contributed by atoms with E-state index in [1.807, 2.05) is 18.3 Å². The molecule has 4 heteroatoms. The van der Waals surface area contributed by atoms with Gasteiger partial charge in [0.2, 0.25) is 0 Å². The maximum atomic E-state index is 4.67. The number of aromatic nitrogens is 3. The third kappa shape index (κ3) is 2.29. The summed E-state index contributed by atoms with van der Waals surface area (Å²) in [6.07, 6.45) is 6.42. The first kappa shape index (κ1) is 13.5. The van der Waals surface area contributed by atoms with Gasteiger partial charge in [-0.1, -0.05) is 12.1 Å². The maximum absolute atomic E-state index is 4.67. The molecule has 1 saturated heterocycles. The Bertz CT molecular complexity index is 778. The molecule has 3 aromatic rings. The van der Waals surface area contributed by atoms with Gasteiger partial charge in [-0.2, -0.15) is 0 Å². The fourth-order valence-corrected chi connectivity index (χ4v) is 3.47. The van der Waals surface area contributed by atoms with Crippen LogP contribution in [0.2, 0.25) is 0 Å². The Morgan fingerprint density at radius 1 is 1.18 bits per heavy atom. The van der Waals surface area contributed by atoms with Gasteiger partial charge in [0.15, 0.2) is 0 Å². The zero-order valence-corrected chi connectivity index (χ0v) is 12.8. The highest BCUT2D eigenvalue weighted by atomic mass is 15.2. The molecule has 0 aromatic carbocycles. The molecule has 112 valence electrons. The molecule has 4 rings (SSSR count). The first-order valence-electron chi connectivity index (χ1n) is 7.90. The molecule has 3 aromatic heterocycles. The van der Waals surface area contributed by atoms with Gasteiger partial charge in [-0.3, -0.25) is 9.88 Å². The fourth-order valence-electron chi connectivity index (χ4n) is 3.47. The van der Waals surface area contributed by atoms with Gasteiger partial charge in [0.25, 0.3) is 0 Å². The summed E-state index contributed by atoms with van der Waals surface area (Å²) in [4.78, 5) is 11.8. The summed E-state index contributed by atoms with van der Waals surface area (Å²) in [6.45, 7) is 4.16. The monoisotopic (exact) mass is 292 g/mol. The molecule has 0 aliphatic carbocycles. The molecule has 1 atom stereocenters. The van der Waals surface area contributed by atoms with E-state index in [4.69, 9.17) is 0 Å². The number of rotatable bonds is 3. The van der Waals surface area contributed by atoms with Crippen LogP contribution in [0.15, 0.2) is 48.8 Å². The smallest absolute Gasteiger partial charge is 0.137 e. The molecule has 0 saturated carbocycles. The van der Waals surface area contributed by atoms with Gasteiger partial charge in [0.1, 0.15) is 5.65 Å². The molecule has 22 heavy (non-hydrogen) atoms. The number of aryl methyl sites for hydroxylation is 1. The molecular weight excluding hydrogens is 272 g/mol. The minimum Gasteiger partial charge on any atom is -0.302 e. The average molecular weight is 292 g/mol. The zero-order valence-electron chi connectivity index (χ0n) is 12.8. The standard InChI is InChI=1S/C18H20N4/c1-14-17(22-12-5-3-9-18(22)20-14)13-21-11-6-8-16(21)15-7-2-4-10-19-15/h2-5,7,9-10,12,16H,6,8,11,13H2,1H3/t16-/m1/s1. The van der Waals surface area contributed by atoms with Gasteiger partial charge in [-0.05, 0) is 50.6 Å². The second-order valence-corrected chi connectivity index (χ2v) is 5.96. The highest BCUT2D eigenvalue weighted by molar-refractivity contribution is 5.42. The number of imidazole rings is 1. The van der Waals surface area contributed by atoms with E-state index in [-0.39, 0.29) is 0 Å². The van der Waals surface area contributed by atoms with Gasteiger partial charge in [-0.15, -0.1) is 0 Å². The van der Waals surface area contributed by atoms with Crippen LogP contribution in [0.1, 0.15) is 36.0 Å². The summed E-state index contributed by atoms with van der Waals surface area (Å²) in [6, 6.07) is 12.8. The first-order chi connectivity index (χ1) is 10.8. The minimum atomic E-state index is 0.426. The van der Waals surface area contributed by atoms with Crippen LogP contribution in [0, 0.1) is 6.92 Å². The maximum Gasteiger partial charge on any atom is 0.137 e. The summed E-state index contributed by atoms with van der Waals surface area (Å²) in [7, 11) is 0. The van der Waals surface area contributed by atoms with Crippen LogP contribution in [-0.4, -0.2) is 25.8 Å². The van der Waals surface area contributed by atoms with Crippen LogP contribution in [0.25, 0.3) is 5.65 Å². The molecule has 0 radical (unpaired) electrons.